The van der Waals surface area contributed by atoms with E-state index in [9.17, 15) is 19.7 Å². The molecule has 130 valence electrons. The summed E-state index contributed by atoms with van der Waals surface area (Å²) in [4.78, 5) is 36.0. The number of carbonyl (C=O) groups excluding carboxylic acids is 2. The number of hydrogen-bond acceptors (Lipinski definition) is 7. The highest BCUT2D eigenvalue weighted by Crippen LogP contribution is 2.34. The number of nitro groups is 1. The number of methoxy groups -OCH3 is 2. The molecule has 1 aliphatic rings. The van der Waals surface area contributed by atoms with E-state index in [0.717, 1.165) is 19.3 Å². The molecule has 0 aromatic heterocycles. The molecular formula is C16H20N2O6. The van der Waals surface area contributed by atoms with Gasteiger partial charge in [0.05, 0.1) is 31.1 Å². The molecule has 1 aromatic rings. The van der Waals surface area contributed by atoms with Crippen LogP contribution in [0.5, 0.6) is 0 Å². The SMILES string of the molecule is COC(=O)CC1CCCCN1c1ccc(C(=O)OC)cc1[N+](=O)[O-]. The molecule has 0 bridgehead atoms. The third-order valence-electron chi connectivity index (χ3n) is 4.16. The Morgan fingerprint density at radius 1 is 1.29 bits per heavy atom. The number of carbonyl (C=O) groups is 2. The first kappa shape index (κ1) is 17.7. The number of hydrogen-bond donors (Lipinski definition) is 0. The first-order chi connectivity index (χ1) is 11.5. The summed E-state index contributed by atoms with van der Waals surface area (Å²) in [5.41, 5.74) is 0.352. The van der Waals surface area contributed by atoms with Gasteiger partial charge in [-0.15, -0.1) is 0 Å². The fraction of sp³-hybridized carbons (Fsp3) is 0.500. The molecule has 1 heterocycles. The van der Waals surface area contributed by atoms with Crippen molar-refractivity contribution in [1.82, 2.24) is 0 Å². The quantitative estimate of drug-likeness (QED) is 0.462. The van der Waals surface area contributed by atoms with Crippen LogP contribution >= 0.6 is 0 Å². The minimum atomic E-state index is -0.630. The van der Waals surface area contributed by atoms with Crippen LogP contribution in [-0.4, -0.2) is 43.7 Å². The van der Waals surface area contributed by atoms with Gasteiger partial charge in [-0.25, -0.2) is 4.79 Å². The second-order valence-electron chi connectivity index (χ2n) is 5.58. The van der Waals surface area contributed by atoms with Crippen LogP contribution in [0.1, 0.15) is 36.0 Å². The molecule has 0 spiro atoms. The monoisotopic (exact) mass is 336 g/mol. The predicted octanol–water partition coefficient (Wildman–Crippen LogP) is 2.30. The molecule has 1 fully saturated rings. The first-order valence-corrected chi connectivity index (χ1v) is 7.68. The fourth-order valence-corrected chi connectivity index (χ4v) is 2.96. The largest absolute Gasteiger partial charge is 0.469 e. The summed E-state index contributed by atoms with van der Waals surface area (Å²) in [6.45, 7) is 0.611. The Morgan fingerprint density at radius 2 is 2.04 bits per heavy atom. The summed E-state index contributed by atoms with van der Waals surface area (Å²) in [6.07, 6.45) is 2.76. The van der Waals surface area contributed by atoms with Crippen molar-refractivity contribution in [3.8, 4) is 0 Å². The predicted molar refractivity (Wildman–Crippen MR) is 86.1 cm³/mol. The van der Waals surface area contributed by atoms with Gasteiger partial charge in [-0.2, -0.15) is 0 Å². The first-order valence-electron chi connectivity index (χ1n) is 7.68. The number of rotatable bonds is 5. The van der Waals surface area contributed by atoms with Crippen LogP contribution in [0.3, 0.4) is 0 Å². The van der Waals surface area contributed by atoms with Crippen LogP contribution < -0.4 is 4.90 Å². The Balaban J connectivity index is 2.38. The van der Waals surface area contributed by atoms with Gasteiger partial charge < -0.3 is 14.4 Å². The Morgan fingerprint density at radius 3 is 2.67 bits per heavy atom. The topological polar surface area (TPSA) is 99.0 Å². The van der Waals surface area contributed by atoms with E-state index in [4.69, 9.17) is 4.74 Å². The number of ether oxygens (including phenoxy) is 2. The maximum Gasteiger partial charge on any atom is 0.338 e. The van der Waals surface area contributed by atoms with E-state index in [1.165, 1.54) is 26.4 Å². The molecular weight excluding hydrogens is 316 g/mol. The van der Waals surface area contributed by atoms with Gasteiger partial charge in [0.25, 0.3) is 5.69 Å². The number of piperidine rings is 1. The van der Waals surface area contributed by atoms with Crippen LogP contribution in [-0.2, 0) is 14.3 Å². The van der Waals surface area contributed by atoms with Crippen LogP contribution in [0.2, 0.25) is 0 Å². The molecule has 24 heavy (non-hydrogen) atoms. The van der Waals surface area contributed by atoms with Gasteiger partial charge >= 0.3 is 11.9 Å². The lowest BCUT2D eigenvalue weighted by molar-refractivity contribution is -0.384. The van der Waals surface area contributed by atoms with Gasteiger partial charge in [-0.05, 0) is 31.4 Å². The van der Waals surface area contributed by atoms with E-state index in [-0.39, 0.29) is 29.7 Å². The summed E-state index contributed by atoms with van der Waals surface area (Å²) in [5.74, 6) is -0.977. The van der Waals surface area contributed by atoms with Crippen molar-refractivity contribution in [2.24, 2.45) is 0 Å². The van der Waals surface area contributed by atoms with Gasteiger partial charge in [0.2, 0.25) is 0 Å². The number of esters is 2. The van der Waals surface area contributed by atoms with E-state index in [1.54, 1.807) is 6.07 Å². The average Bonchev–Trinajstić information content (AvgIpc) is 2.60. The Labute approximate surface area is 139 Å². The van der Waals surface area contributed by atoms with Gasteiger partial charge in [0.1, 0.15) is 5.69 Å². The van der Waals surface area contributed by atoms with E-state index in [0.29, 0.717) is 12.2 Å². The third-order valence-corrected chi connectivity index (χ3v) is 4.16. The van der Waals surface area contributed by atoms with Crippen LogP contribution in [0.4, 0.5) is 11.4 Å². The maximum atomic E-state index is 11.6. The molecule has 1 unspecified atom stereocenters. The smallest absolute Gasteiger partial charge is 0.338 e. The average molecular weight is 336 g/mol. The summed E-state index contributed by atoms with van der Waals surface area (Å²) in [5, 5.41) is 11.4. The number of anilines is 1. The Hall–Kier alpha value is -2.64. The molecule has 0 amide bonds. The van der Waals surface area contributed by atoms with Crippen molar-refractivity contribution in [2.75, 3.05) is 25.7 Å². The Bertz CT molecular complexity index is 645. The van der Waals surface area contributed by atoms with Gasteiger partial charge in [-0.1, -0.05) is 0 Å². The highest BCUT2D eigenvalue weighted by atomic mass is 16.6. The lowest BCUT2D eigenvalue weighted by Gasteiger charge is -2.36. The third kappa shape index (κ3) is 3.81. The summed E-state index contributed by atoms with van der Waals surface area (Å²) < 4.78 is 9.33. The summed E-state index contributed by atoms with van der Waals surface area (Å²) in [6, 6.07) is 4.09. The zero-order chi connectivity index (χ0) is 17.7. The summed E-state index contributed by atoms with van der Waals surface area (Å²) >= 11 is 0. The van der Waals surface area contributed by atoms with E-state index in [1.807, 2.05) is 4.90 Å². The van der Waals surface area contributed by atoms with Crippen molar-refractivity contribution in [1.29, 1.82) is 0 Å². The van der Waals surface area contributed by atoms with Crippen LogP contribution in [0, 0.1) is 10.1 Å². The zero-order valence-corrected chi connectivity index (χ0v) is 13.7. The van der Waals surface area contributed by atoms with Crippen molar-refractivity contribution >= 4 is 23.3 Å². The lowest BCUT2D eigenvalue weighted by Crippen LogP contribution is -2.41. The maximum absolute atomic E-state index is 11.6. The number of nitrogens with zero attached hydrogens (tertiary/aromatic N) is 2. The molecule has 2 rings (SSSR count). The Kier molecular flexibility index (Phi) is 5.73. The molecule has 0 radical (unpaired) electrons. The second kappa shape index (κ2) is 7.76. The molecule has 1 atom stereocenters. The molecule has 0 N–H and O–H groups in total. The van der Waals surface area contributed by atoms with Gasteiger partial charge in [0, 0.05) is 18.7 Å². The van der Waals surface area contributed by atoms with E-state index >= 15 is 0 Å². The standard InChI is InChI=1S/C16H20N2O6/c1-23-15(19)10-12-5-3-4-8-17(12)13-7-6-11(16(20)24-2)9-14(13)18(21)22/h6-7,9,12H,3-5,8,10H2,1-2H3. The zero-order valence-electron chi connectivity index (χ0n) is 13.7. The molecule has 8 nitrogen and oxygen atoms in total. The number of benzene rings is 1. The molecule has 1 saturated heterocycles. The van der Waals surface area contributed by atoms with Crippen LogP contribution in [0.25, 0.3) is 0 Å². The van der Waals surface area contributed by atoms with Gasteiger partial charge in [-0.3, -0.25) is 14.9 Å². The van der Waals surface area contributed by atoms with Crippen molar-refractivity contribution < 1.29 is 24.0 Å². The van der Waals surface area contributed by atoms with Crippen LogP contribution in [0.15, 0.2) is 18.2 Å². The normalized spacial score (nSPS) is 17.2. The van der Waals surface area contributed by atoms with E-state index < -0.39 is 10.9 Å². The van der Waals surface area contributed by atoms with Crippen molar-refractivity contribution in [3.05, 3.63) is 33.9 Å². The molecule has 0 aliphatic carbocycles. The van der Waals surface area contributed by atoms with Crippen molar-refractivity contribution in [2.45, 2.75) is 31.7 Å². The minimum absolute atomic E-state index is 0.120. The highest BCUT2D eigenvalue weighted by molar-refractivity contribution is 5.91. The molecule has 8 heteroatoms. The lowest BCUT2D eigenvalue weighted by atomic mass is 9.97. The highest BCUT2D eigenvalue weighted by Gasteiger charge is 2.30. The number of nitro benzene ring substituents is 1. The minimum Gasteiger partial charge on any atom is -0.469 e. The second-order valence-corrected chi connectivity index (χ2v) is 5.58. The van der Waals surface area contributed by atoms with Crippen molar-refractivity contribution in [3.63, 3.8) is 0 Å². The molecule has 1 aliphatic heterocycles. The molecule has 1 aromatic carbocycles. The fourth-order valence-electron chi connectivity index (χ4n) is 2.96. The van der Waals surface area contributed by atoms with E-state index in [2.05, 4.69) is 4.74 Å². The van der Waals surface area contributed by atoms with Gasteiger partial charge in [0.15, 0.2) is 0 Å². The summed E-state index contributed by atoms with van der Waals surface area (Å²) in [7, 11) is 2.54. The molecule has 0 saturated carbocycles.